The number of hydrogen-bond donors (Lipinski definition) is 2. The number of nitrogens with zero attached hydrogens (tertiary/aromatic N) is 1. The molecule has 3 aliphatic rings. The van der Waals surface area contributed by atoms with Gasteiger partial charge in [-0.25, -0.2) is 0 Å². The SMILES string of the molecule is COc1cc(Br)c2c3c1OC1C[C@@H](O)C=CC31CCN(CC(N)=O)C2. The zero-order valence-corrected chi connectivity index (χ0v) is 15.6. The van der Waals surface area contributed by atoms with Gasteiger partial charge >= 0.3 is 0 Å². The van der Waals surface area contributed by atoms with E-state index in [0.29, 0.717) is 18.7 Å². The summed E-state index contributed by atoms with van der Waals surface area (Å²) in [5, 5.41) is 10.1. The summed E-state index contributed by atoms with van der Waals surface area (Å²) in [5.74, 6) is 1.11. The Hall–Kier alpha value is -1.57. The molecule has 6 nitrogen and oxygen atoms in total. The monoisotopic (exact) mass is 408 g/mol. The van der Waals surface area contributed by atoms with E-state index in [0.717, 1.165) is 34.3 Å². The summed E-state index contributed by atoms with van der Waals surface area (Å²) < 4.78 is 12.8. The molecule has 3 N–H and O–H groups in total. The average molecular weight is 409 g/mol. The average Bonchev–Trinajstić information content (AvgIpc) is 2.79. The normalized spacial score (nSPS) is 30.2. The highest BCUT2D eigenvalue weighted by molar-refractivity contribution is 9.10. The van der Waals surface area contributed by atoms with Gasteiger partial charge in [0.1, 0.15) is 6.10 Å². The first-order valence-corrected chi connectivity index (χ1v) is 9.18. The lowest BCUT2D eigenvalue weighted by molar-refractivity contribution is -0.119. The van der Waals surface area contributed by atoms with Gasteiger partial charge < -0.3 is 20.3 Å². The highest BCUT2D eigenvalue weighted by atomic mass is 79.9. The Kier molecular flexibility index (Phi) is 4.05. The Morgan fingerprint density at radius 1 is 1.60 bits per heavy atom. The number of aliphatic hydroxyl groups excluding tert-OH is 1. The van der Waals surface area contributed by atoms with Crippen LogP contribution < -0.4 is 15.2 Å². The molecule has 1 aromatic carbocycles. The fourth-order valence-corrected chi connectivity index (χ4v) is 4.90. The molecule has 2 heterocycles. The lowest BCUT2D eigenvalue weighted by atomic mass is 9.69. The van der Waals surface area contributed by atoms with E-state index in [9.17, 15) is 9.90 Å². The predicted octanol–water partition coefficient (Wildman–Crippen LogP) is 1.47. The lowest BCUT2D eigenvalue weighted by Gasteiger charge is -2.35. The third-order valence-corrected chi connectivity index (χ3v) is 6.20. The molecule has 0 saturated carbocycles. The number of methoxy groups -OCH3 is 1. The first kappa shape index (κ1) is 16.9. The summed E-state index contributed by atoms with van der Waals surface area (Å²) in [6, 6.07) is 1.91. The van der Waals surface area contributed by atoms with Crippen molar-refractivity contribution in [2.75, 3.05) is 20.2 Å². The van der Waals surface area contributed by atoms with Gasteiger partial charge in [-0.2, -0.15) is 0 Å². The largest absolute Gasteiger partial charge is 0.493 e. The Bertz CT molecular complexity index is 766. The van der Waals surface area contributed by atoms with E-state index < -0.39 is 6.10 Å². The fraction of sp³-hybridized carbons (Fsp3) is 0.500. The molecule has 1 spiro atoms. The van der Waals surface area contributed by atoms with Crippen molar-refractivity contribution in [3.8, 4) is 11.5 Å². The third-order valence-electron chi connectivity index (χ3n) is 5.49. The molecule has 2 unspecified atom stereocenters. The standard InChI is InChI=1S/C18H21BrN2O4/c1-24-13-7-12(19)11-8-21(9-15(20)23)5-4-18-3-2-10(22)6-14(18)25-17(13)16(11)18/h2-3,7,10,14,22H,4-6,8-9H2,1H3,(H2,20,23)/t10-,14?,18?/m0/s1. The molecule has 4 rings (SSSR count). The van der Waals surface area contributed by atoms with E-state index in [2.05, 4.69) is 26.9 Å². The zero-order valence-electron chi connectivity index (χ0n) is 14.0. The smallest absolute Gasteiger partial charge is 0.231 e. The molecule has 1 aromatic rings. The first-order valence-electron chi connectivity index (χ1n) is 8.39. The molecule has 0 radical (unpaired) electrons. The van der Waals surface area contributed by atoms with Crippen LogP contribution in [0.4, 0.5) is 0 Å². The summed E-state index contributed by atoms with van der Waals surface area (Å²) in [6.07, 6.45) is 4.64. The number of carbonyl (C=O) groups excluding carboxylic acids is 1. The van der Waals surface area contributed by atoms with Crippen molar-refractivity contribution < 1.29 is 19.4 Å². The van der Waals surface area contributed by atoms with E-state index in [1.165, 1.54) is 0 Å². The van der Waals surface area contributed by atoms with Crippen LogP contribution in [0.15, 0.2) is 22.7 Å². The van der Waals surface area contributed by atoms with Crippen molar-refractivity contribution in [2.24, 2.45) is 5.73 Å². The van der Waals surface area contributed by atoms with Crippen molar-refractivity contribution in [1.29, 1.82) is 0 Å². The van der Waals surface area contributed by atoms with E-state index >= 15 is 0 Å². The Labute approximate surface area is 154 Å². The zero-order chi connectivity index (χ0) is 17.8. The number of rotatable bonds is 3. The minimum atomic E-state index is -0.507. The van der Waals surface area contributed by atoms with Crippen LogP contribution in [-0.2, 0) is 16.8 Å². The van der Waals surface area contributed by atoms with Crippen LogP contribution >= 0.6 is 15.9 Å². The summed E-state index contributed by atoms with van der Waals surface area (Å²) in [5.41, 5.74) is 7.31. The number of aliphatic hydroxyl groups is 1. The summed E-state index contributed by atoms with van der Waals surface area (Å²) in [4.78, 5) is 13.5. The van der Waals surface area contributed by atoms with Gasteiger partial charge in [0, 0.05) is 29.5 Å². The molecule has 7 heteroatoms. The quantitative estimate of drug-likeness (QED) is 0.739. The maximum absolute atomic E-state index is 11.4. The molecule has 1 amide bonds. The predicted molar refractivity (Wildman–Crippen MR) is 95.6 cm³/mol. The number of primary amides is 1. The van der Waals surface area contributed by atoms with Crippen molar-refractivity contribution in [3.05, 3.63) is 33.8 Å². The van der Waals surface area contributed by atoms with Gasteiger partial charge in [0.05, 0.1) is 25.2 Å². The Morgan fingerprint density at radius 2 is 2.40 bits per heavy atom. The number of halogens is 1. The van der Waals surface area contributed by atoms with E-state index in [4.69, 9.17) is 15.2 Å². The molecule has 2 aliphatic heterocycles. The number of amides is 1. The maximum atomic E-state index is 11.4. The van der Waals surface area contributed by atoms with Crippen molar-refractivity contribution in [1.82, 2.24) is 4.90 Å². The molecular formula is C18H21BrN2O4. The topological polar surface area (TPSA) is 85.0 Å². The second-order valence-corrected chi connectivity index (χ2v) is 7.83. The van der Waals surface area contributed by atoms with Crippen LogP contribution in [0.25, 0.3) is 0 Å². The molecule has 134 valence electrons. The van der Waals surface area contributed by atoms with Crippen molar-refractivity contribution in [3.63, 3.8) is 0 Å². The molecule has 0 fully saturated rings. The molecule has 0 bridgehead atoms. The molecule has 25 heavy (non-hydrogen) atoms. The molecule has 1 aliphatic carbocycles. The van der Waals surface area contributed by atoms with Crippen molar-refractivity contribution in [2.45, 2.75) is 37.0 Å². The Morgan fingerprint density at radius 3 is 3.12 bits per heavy atom. The summed E-state index contributed by atoms with van der Waals surface area (Å²) in [7, 11) is 1.63. The minimum Gasteiger partial charge on any atom is -0.493 e. The highest BCUT2D eigenvalue weighted by Crippen LogP contribution is 2.57. The van der Waals surface area contributed by atoms with Crippen LogP contribution in [0.2, 0.25) is 0 Å². The number of ether oxygens (including phenoxy) is 2. The second-order valence-electron chi connectivity index (χ2n) is 6.98. The molecule has 0 aromatic heterocycles. The fourth-order valence-electron chi connectivity index (χ4n) is 4.37. The van der Waals surface area contributed by atoms with Gasteiger partial charge in [0.25, 0.3) is 0 Å². The first-order chi connectivity index (χ1) is 11.9. The summed E-state index contributed by atoms with van der Waals surface area (Å²) >= 11 is 3.66. The van der Waals surface area contributed by atoms with Crippen molar-refractivity contribution >= 4 is 21.8 Å². The van der Waals surface area contributed by atoms with Gasteiger partial charge in [-0.15, -0.1) is 0 Å². The maximum Gasteiger partial charge on any atom is 0.231 e. The van der Waals surface area contributed by atoms with Crippen LogP contribution in [-0.4, -0.2) is 48.3 Å². The van der Waals surface area contributed by atoms with Gasteiger partial charge in [-0.3, -0.25) is 9.69 Å². The van der Waals surface area contributed by atoms with Gasteiger partial charge in [0.2, 0.25) is 5.91 Å². The number of benzene rings is 1. The number of nitrogens with two attached hydrogens (primary N) is 1. The molecule has 3 atom stereocenters. The third kappa shape index (κ3) is 2.56. The van der Waals surface area contributed by atoms with Gasteiger partial charge in [-0.05, 0) is 18.1 Å². The Balaban J connectivity index is 1.90. The number of carbonyl (C=O) groups is 1. The minimum absolute atomic E-state index is 0.141. The van der Waals surface area contributed by atoms with Crippen LogP contribution in [0, 0.1) is 0 Å². The highest BCUT2D eigenvalue weighted by Gasteiger charge is 2.53. The molecule has 0 saturated heterocycles. The second kappa shape index (κ2) is 6.00. The van der Waals surface area contributed by atoms with Crippen LogP contribution in [0.1, 0.15) is 24.0 Å². The van der Waals surface area contributed by atoms with E-state index in [1.54, 1.807) is 7.11 Å². The lowest BCUT2D eigenvalue weighted by Crippen LogP contribution is -2.43. The van der Waals surface area contributed by atoms with Crippen LogP contribution in [0.3, 0.4) is 0 Å². The van der Waals surface area contributed by atoms with Gasteiger partial charge in [0.15, 0.2) is 11.5 Å². The molecular weight excluding hydrogens is 388 g/mol. The van der Waals surface area contributed by atoms with E-state index in [1.807, 2.05) is 12.1 Å². The van der Waals surface area contributed by atoms with E-state index in [-0.39, 0.29) is 24.0 Å². The summed E-state index contributed by atoms with van der Waals surface area (Å²) in [6.45, 7) is 1.57. The van der Waals surface area contributed by atoms with Crippen LogP contribution in [0.5, 0.6) is 11.5 Å². The number of hydrogen-bond acceptors (Lipinski definition) is 5. The van der Waals surface area contributed by atoms with Gasteiger partial charge in [-0.1, -0.05) is 28.1 Å².